The van der Waals surface area contributed by atoms with Gasteiger partial charge >= 0.3 is 0 Å². The van der Waals surface area contributed by atoms with Gasteiger partial charge in [0.2, 0.25) is 0 Å². The van der Waals surface area contributed by atoms with Crippen LogP contribution in [0.3, 0.4) is 0 Å². The van der Waals surface area contributed by atoms with Crippen LogP contribution >= 0.6 is 0 Å². The Kier molecular flexibility index (Phi) is 3.91. The molecule has 0 amide bonds. The van der Waals surface area contributed by atoms with Crippen LogP contribution in [0.1, 0.15) is 37.3 Å². The average Bonchev–Trinajstić information content (AvgIpc) is 2.78. The first-order valence-electron chi connectivity index (χ1n) is 6.01. The fraction of sp³-hybridized carbons (Fsp3) is 0.538. The molecule has 88 valence electrons. The molecule has 0 aromatic heterocycles. The van der Waals surface area contributed by atoms with Crippen LogP contribution in [0.4, 0.5) is 4.39 Å². The lowest BCUT2D eigenvalue weighted by Gasteiger charge is -2.22. The van der Waals surface area contributed by atoms with E-state index in [9.17, 15) is 4.39 Å². The predicted octanol–water partition coefficient (Wildman–Crippen LogP) is 2.36. The summed E-state index contributed by atoms with van der Waals surface area (Å²) in [5, 5.41) is 3.52. The average molecular weight is 222 g/mol. The molecule has 0 bridgehead atoms. The van der Waals surface area contributed by atoms with Gasteiger partial charge in [-0.25, -0.2) is 4.39 Å². The summed E-state index contributed by atoms with van der Waals surface area (Å²) in [5.41, 5.74) is 6.70. The zero-order chi connectivity index (χ0) is 11.4. The number of benzene rings is 1. The van der Waals surface area contributed by atoms with Gasteiger partial charge in [0.15, 0.2) is 0 Å². The summed E-state index contributed by atoms with van der Waals surface area (Å²) in [5.74, 6) is -0.191. The van der Waals surface area contributed by atoms with Crippen LogP contribution in [0.25, 0.3) is 0 Å². The van der Waals surface area contributed by atoms with Gasteiger partial charge in [-0.1, -0.05) is 25.0 Å². The minimum atomic E-state index is -0.191. The van der Waals surface area contributed by atoms with Crippen molar-refractivity contribution >= 4 is 0 Å². The van der Waals surface area contributed by atoms with Gasteiger partial charge in [0, 0.05) is 18.6 Å². The van der Waals surface area contributed by atoms with Crippen LogP contribution in [-0.4, -0.2) is 12.6 Å². The summed E-state index contributed by atoms with van der Waals surface area (Å²) in [7, 11) is 0. The Labute approximate surface area is 96.0 Å². The van der Waals surface area contributed by atoms with Crippen LogP contribution in [0.15, 0.2) is 24.3 Å². The SMILES string of the molecule is NCC(NC1CCCC1)c1cccc(F)c1. The highest BCUT2D eigenvalue weighted by Crippen LogP contribution is 2.22. The third kappa shape index (κ3) is 2.80. The van der Waals surface area contributed by atoms with Gasteiger partial charge in [-0.2, -0.15) is 0 Å². The third-order valence-electron chi connectivity index (χ3n) is 3.28. The highest BCUT2D eigenvalue weighted by atomic mass is 19.1. The summed E-state index contributed by atoms with van der Waals surface area (Å²) in [6.07, 6.45) is 5.01. The van der Waals surface area contributed by atoms with Crippen molar-refractivity contribution < 1.29 is 4.39 Å². The molecule has 1 unspecified atom stereocenters. The van der Waals surface area contributed by atoms with E-state index in [1.165, 1.54) is 31.7 Å². The largest absolute Gasteiger partial charge is 0.329 e. The van der Waals surface area contributed by atoms with E-state index in [4.69, 9.17) is 5.73 Å². The molecule has 0 heterocycles. The van der Waals surface area contributed by atoms with Crippen LogP contribution in [0.2, 0.25) is 0 Å². The van der Waals surface area contributed by atoms with Gasteiger partial charge in [-0.3, -0.25) is 0 Å². The molecule has 1 atom stereocenters. The Balaban J connectivity index is 2.03. The zero-order valence-corrected chi connectivity index (χ0v) is 9.45. The summed E-state index contributed by atoms with van der Waals surface area (Å²) in [6, 6.07) is 7.34. The number of hydrogen-bond acceptors (Lipinski definition) is 2. The smallest absolute Gasteiger partial charge is 0.123 e. The molecule has 1 aromatic carbocycles. The van der Waals surface area contributed by atoms with Crippen molar-refractivity contribution in [1.82, 2.24) is 5.32 Å². The van der Waals surface area contributed by atoms with E-state index in [1.807, 2.05) is 6.07 Å². The second kappa shape index (κ2) is 5.41. The lowest BCUT2D eigenvalue weighted by Crippen LogP contribution is -2.35. The van der Waals surface area contributed by atoms with Crippen LogP contribution in [0, 0.1) is 5.82 Å². The lowest BCUT2D eigenvalue weighted by atomic mass is 10.1. The Bertz CT molecular complexity index is 334. The molecule has 0 saturated heterocycles. The topological polar surface area (TPSA) is 38.0 Å². The molecule has 0 aliphatic heterocycles. The Morgan fingerprint density at radius 3 is 2.75 bits per heavy atom. The molecule has 0 spiro atoms. The fourth-order valence-corrected chi connectivity index (χ4v) is 2.40. The van der Waals surface area contributed by atoms with Gasteiger partial charge in [0.1, 0.15) is 5.82 Å². The second-order valence-corrected chi connectivity index (χ2v) is 4.49. The van der Waals surface area contributed by atoms with E-state index < -0.39 is 0 Å². The van der Waals surface area contributed by atoms with E-state index in [1.54, 1.807) is 12.1 Å². The molecule has 1 aliphatic carbocycles. The number of nitrogens with one attached hydrogen (secondary N) is 1. The third-order valence-corrected chi connectivity index (χ3v) is 3.28. The van der Waals surface area contributed by atoms with Crippen molar-refractivity contribution in [3.63, 3.8) is 0 Å². The van der Waals surface area contributed by atoms with E-state index >= 15 is 0 Å². The molecule has 0 radical (unpaired) electrons. The highest BCUT2D eigenvalue weighted by molar-refractivity contribution is 5.20. The molecule has 2 nitrogen and oxygen atoms in total. The maximum absolute atomic E-state index is 13.1. The maximum Gasteiger partial charge on any atom is 0.123 e. The Morgan fingerprint density at radius 1 is 1.38 bits per heavy atom. The Morgan fingerprint density at radius 2 is 2.12 bits per heavy atom. The van der Waals surface area contributed by atoms with E-state index in [-0.39, 0.29) is 11.9 Å². The van der Waals surface area contributed by atoms with Crippen molar-refractivity contribution in [1.29, 1.82) is 0 Å². The van der Waals surface area contributed by atoms with E-state index in [0.717, 1.165) is 5.56 Å². The molecular weight excluding hydrogens is 203 g/mol. The van der Waals surface area contributed by atoms with E-state index in [2.05, 4.69) is 5.32 Å². The lowest BCUT2D eigenvalue weighted by molar-refractivity contribution is 0.443. The zero-order valence-electron chi connectivity index (χ0n) is 9.45. The summed E-state index contributed by atoms with van der Waals surface area (Å²) < 4.78 is 13.1. The van der Waals surface area contributed by atoms with Gasteiger partial charge in [0.25, 0.3) is 0 Å². The molecule has 1 aliphatic rings. The van der Waals surface area contributed by atoms with Crippen molar-refractivity contribution in [3.8, 4) is 0 Å². The summed E-state index contributed by atoms with van der Waals surface area (Å²) in [4.78, 5) is 0. The molecule has 16 heavy (non-hydrogen) atoms. The van der Waals surface area contributed by atoms with Crippen molar-refractivity contribution in [3.05, 3.63) is 35.6 Å². The van der Waals surface area contributed by atoms with Gasteiger partial charge in [-0.05, 0) is 30.5 Å². The first-order valence-corrected chi connectivity index (χ1v) is 6.01. The normalized spacial score (nSPS) is 18.9. The number of rotatable bonds is 4. The quantitative estimate of drug-likeness (QED) is 0.820. The molecule has 3 N–H and O–H groups in total. The minimum Gasteiger partial charge on any atom is -0.329 e. The highest BCUT2D eigenvalue weighted by Gasteiger charge is 2.19. The van der Waals surface area contributed by atoms with Gasteiger partial charge < -0.3 is 11.1 Å². The molecule has 1 aromatic rings. The fourth-order valence-electron chi connectivity index (χ4n) is 2.40. The van der Waals surface area contributed by atoms with Gasteiger partial charge in [-0.15, -0.1) is 0 Å². The summed E-state index contributed by atoms with van der Waals surface area (Å²) in [6.45, 7) is 0.514. The van der Waals surface area contributed by atoms with Crippen LogP contribution in [-0.2, 0) is 0 Å². The molecule has 3 heteroatoms. The number of nitrogens with two attached hydrogens (primary N) is 1. The molecule has 1 saturated carbocycles. The predicted molar refractivity (Wildman–Crippen MR) is 63.6 cm³/mol. The molecule has 2 rings (SSSR count). The van der Waals surface area contributed by atoms with Gasteiger partial charge in [0.05, 0.1) is 0 Å². The van der Waals surface area contributed by atoms with Crippen molar-refractivity contribution in [2.75, 3.05) is 6.54 Å². The van der Waals surface area contributed by atoms with Crippen LogP contribution < -0.4 is 11.1 Å². The van der Waals surface area contributed by atoms with Crippen molar-refractivity contribution in [2.45, 2.75) is 37.8 Å². The van der Waals surface area contributed by atoms with E-state index in [0.29, 0.717) is 12.6 Å². The molecule has 1 fully saturated rings. The first-order chi connectivity index (χ1) is 7.79. The van der Waals surface area contributed by atoms with Crippen molar-refractivity contribution in [2.24, 2.45) is 5.73 Å². The summed E-state index contributed by atoms with van der Waals surface area (Å²) >= 11 is 0. The monoisotopic (exact) mass is 222 g/mol. The van der Waals surface area contributed by atoms with Crippen LogP contribution in [0.5, 0.6) is 0 Å². The first kappa shape index (κ1) is 11.6. The standard InChI is InChI=1S/C13H19FN2/c14-11-5-3-4-10(8-11)13(9-15)16-12-6-1-2-7-12/h3-5,8,12-13,16H,1-2,6-7,9,15H2. The maximum atomic E-state index is 13.1. The molecular formula is C13H19FN2. The minimum absolute atomic E-state index is 0.0822. The second-order valence-electron chi connectivity index (χ2n) is 4.49. The number of halogens is 1. The Hall–Kier alpha value is -0.930. The number of hydrogen-bond donors (Lipinski definition) is 2.